The molecule has 1 fully saturated rings. The van der Waals surface area contributed by atoms with Crippen LogP contribution in [0.4, 0.5) is 0 Å². The summed E-state index contributed by atoms with van der Waals surface area (Å²) in [6, 6.07) is 22.7. The number of hydrogen-bond acceptors (Lipinski definition) is 2. The van der Waals surface area contributed by atoms with Crippen molar-refractivity contribution in [2.45, 2.75) is 57.8 Å². The highest BCUT2D eigenvalue weighted by Gasteiger charge is 2.28. The van der Waals surface area contributed by atoms with Crippen molar-refractivity contribution in [1.29, 1.82) is 0 Å². The molecule has 2 aromatic carbocycles. The van der Waals surface area contributed by atoms with Crippen LogP contribution in [0.3, 0.4) is 0 Å². The van der Waals surface area contributed by atoms with Gasteiger partial charge in [0.2, 0.25) is 0 Å². The topological polar surface area (TPSA) is 29.3 Å². The Morgan fingerprint density at radius 3 is 1.96 bits per heavy atom. The van der Waals surface area contributed by atoms with Crippen LogP contribution in [0, 0.1) is 5.92 Å². The van der Waals surface area contributed by atoms with Gasteiger partial charge < -0.3 is 5.73 Å². The highest BCUT2D eigenvalue weighted by molar-refractivity contribution is 5.17. The Kier molecular flexibility index (Phi) is 6.06. The third-order valence-electron chi connectivity index (χ3n) is 5.40. The van der Waals surface area contributed by atoms with Gasteiger partial charge in [0, 0.05) is 25.2 Å². The molecule has 0 unspecified atom stereocenters. The van der Waals surface area contributed by atoms with Crippen molar-refractivity contribution in [1.82, 2.24) is 4.90 Å². The van der Waals surface area contributed by atoms with Crippen molar-refractivity contribution in [3.05, 3.63) is 71.8 Å². The number of hydrogen-bond donors (Lipinski definition) is 1. The summed E-state index contributed by atoms with van der Waals surface area (Å²) in [7, 11) is 0. The fourth-order valence-electron chi connectivity index (χ4n) is 3.96. The fourth-order valence-corrected chi connectivity index (χ4v) is 3.96. The first-order chi connectivity index (χ1) is 11.7. The molecule has 2 aromatic rings. The maximum absolute atomic E-state index is 6.22. The quantitative estimate of drug-likeness (QED) is 0.842. The molecule has 1 saturated carbocycles. The van der Waals surface area contributed by atoms with Crippen LogP contribution in [0.25, 0.3) is 0 Å². The molecule has 0 amide bonds. The van der Waals surface area contributed by atoms with Gasteiger partial charge in [-0.15, -0.1) is 0 Å². The summed E-state index contributed by atoms with van der Waals surface area (Å²) >= 11 is 0. The molecule has 2 N–H and O–H groups in total. The van der Waals surface area contributed by atoms with Crippen LogP contribution in [-0.2, 0) is 13.1 Å². The van der Waals surface area contributed by atoms with Gasteiger partial charge in [0.25, 0.3) is 0 Å². The van der Waals surface area contributed by atoms with Gasteiger partial charge in [0.1, 0.15) is 0 Å². The largest absolute Gasteiger partial charge is 0.328 e. The second kappa shape index (κ2) is 8.46. The SMILES string of the molecule is C[C@H](N)[C@H]1CCC[C@H](N(Cc2ccccc2)Cc2ccccc2)C1. The molecule has 0 heterocycles. The van der Waals surface area contributed by atoms with E-state index in [-0.39, 0.29) is 0 Å². The first-order valence-corrected chi connectivity index (χ1v) is 9.30. The van der Waals surface area contributed by atoms with Crippen LogP contribution in [0.15, 0.2) is 60.7 Å². The molecule has 0 aliphatic heterocycles. The van der Waals surface area contributed by atoms with Crippen LogP contribution in [-0.4, -0.2) is 17.0 Å². The summed E-state index contributed by atoms with van der Waals surface area (Å²) in [6.07, 6.45) is 5.12. The molecule has 24 heavy (non-hydrogen) atoms. The van der Waals surface area contributed by atoms with E-state index in [0.717, 1.165) is 13.1 Å². The highest BCUT2D eigenvalue weighted by Crippen LogP contribution is 2.31. The molecule has 3 rings (SSSR count). The van der Waals surface area contributed by atoms with Crippen LogP contribution in [0.2, 0.25) is 0 Å². The van der Waals surface area contributed by atoms with E-state index in [1.807, 2.05) is 0 Å². The van der Waals surface area contributed by atoms with Gasteiger partial charge in [-0.05, 0) is 43.2 Å². The standard InChI is InChI=1S/C22H30N2/c1-18(23)21-13-8-14-22(15-21)24(16-19-9-4-2-5-10-19)17-20-11-6-3-7-12-20/h2-7,9-12,18,21-22H,8,13-17,23H2,1H3/t18-,21-,22-/m0/s1. The minimum Gasteiger partial charge on any atom is -0.328 e. The lowest BCUT2D eigenvalue weighted by molar-refractivity contribution is 0.109. The monoisotopic (exact) mass is 322 g/mol. The highest BCUT2D eigenvalue weighted by atomic mass is 15.2. The van der Waals surface area contributed by atoms with Crippen LogP contribution >= 0.6 is 0 Å². The zero-order valence-corrected chi connectivity index (χ0v) is 14.8. The molecule has 0 bridgehead atoms. The van der Waals surface area contributed by atoms with E-state index in [1.54, 1.807) is 0 Å². The lowest BCUT2D eigenvalue weighted by Crippen LogP contribution is -2.41. The van der Waals surface area contributed by atoms with Gasteiger partial charge in [-0.2, -0.15) is 0 Å². The second-order valence-electron chi connectivity index (χ2n) is 7.32. The van der Waals surface area contributed by atoms with E-state index < -0.39 is 0 Å². The Morgan fingerprint density at radius 2 is 1.46 bits per heavy atom. The van der Waals surface area contributed by atoms with Gasteiger partial charge in [0.05, 0.1) is 0 Å². The summed E-state index contributed by atoms with van der Waals surface area (Å²) in [5.74, 6) is 0.665. The van der Waals surface area contributed by atoms with E-state index in [1.165, 1.54) is 36.8 Å². The predicted octanol–water partition coefficient (Wildman–Crippen LogP) is 4.59. The first-order valence-electron chi connectivity index (χ1n) is 9.30. The maximum Gasteiger partial charge on any atom is 0.0240 e. The number of nitrogens with zero attached hydrogens (tertiary/aromatic N) is 1. The van der Waals surface area contributed by atoms with Crippen molar-refractivity contribution < 1.29 is 0 Å². The minimum absolute atomic E-state index is 0.308. The average Bonchev–Trinajstić information content (AvgIpc) is 2.63. The van der Waals surface area contributed by atoms with Crippen LogP contribution in [0.5, 0.6) is 0 Å². The third-order valence-corrected chi connectivity index (χ3v) is 5.40. The third kappa shape index (κ3) is 4.68. The summed E-state index contributed by atoms with van der Waals surface area (Å²) in [6.45, 7) is 4.21. The molecule has 0 saturated heterocycles. The predicted molar refractivity (Wildman–Crippen MR) is 102 cm³/mol. The zero-order valence-electron chi connectivity index (χ0n) is 14.8. The molecule has 0 aromatic heterocycles. The molecular weight excluding hydrogens is 292 g/mol. The Hall–Kier alpha value is -1.64. The van der Waals surface area contributed by atoms with Gasteiger partial charge in [0.15, 0.2) is 0 Å². The molecule has 3 atom stereocenters. The van der Waals surface area contributed by atoms with Crippen molar-refractivity contribution in [2.75, 3.05) is 0 Å². The Balaban J connectivity index is 1.75. The van der Waals surface area contributed by atoms with Crippen molar-refractivity contribution >= 4 is 0 Å². The molecule has 2 heteroatoms. The molecule has 128 valence electrons. The average molecular weight is 322 g/mol. The van der Waals surface area contributed by atoms with Gasteiger partial charge in [-0.25, -0.2) is 0 Å². The summed E-state index contributed by atoms with van der Waals surface area (Å²) in [5, 5.41) is 0. The molecule has 1 aliphatic rings. The Bertz CT molecular complexity index is 552. The summed E-state index contributed by atoms with van der Waals surface area (Å²) in [4.78, 5) is 2.67. The number of nitrogens with two attached hydrogens (primary N) is 1. The number of benzene rings is 2. The van der Waals surface area contributed by atoms with E-state index in [4.69, 9.17) is 5.73 Å². The number of rotatable bonds is 6. The van der Waals surface area contributed by atoms with E-state index in [9.17, 15) is 0 Å². The van der Waals surface area contributed by atoms with Crippen LogP contribution in [0.1, 0.15) is 43.7 Å². The van der Waals surface area contributed by atoms with Gasteiger partial charge in [-0.3, -0.25) is 4.90 Å². The lowest BCUT2D eigenvalue weighted by Gasteiger charge is -2.39. The van der Waals surface area contributed by atoms with Crippen molar-refractivity contribution in [3.63, 3.8) is 0 Å². The van der Waals surface area contributed by atoms with Gasteiger partial charge in [-0.1, -0.05) is 67.1 Å². The zero-order chi connectivity index (χ0) is 16.8. The normalized spacial score (nSPS) is 22.5. The molecule has 2 nitrogen and oxygen atoms in total. The smallest absolute Gasteiger partial charge is 0.0240 e. The van der Waals surface area contributed by atoms with E-state index >= 15 is 0 Å². The Labute approximate surface area is 146 Å². The molecule has 1 aliphatic carbocycles. The second-order valence-corrected chi connectivity index (χ2v) is 7.32. The molecular formula is C22H30N2. The molecule has 0 spiro atoms. The van der Waals surface area contributed by atoms with E-state index in [0.29, 0.717) is 18.0 Å². The minimum atomic E-state index is 0.308. The van der Waals surface area contributed by atoms with Crippen LogP contribution < -0.4 is 5.73 Å². The fraction of sp³-hybridized carbons (Fsp3) is 0.455. The summed E-state index contributed by atoms with van der Waals surface area (Å²) in [5.41, 5.74) is 9.01. The first kappa shape index (κ1) is 17.2. The summed E-state index contributed by atoms with van der Waals surface area (Å²) < 4.78 is 0. The van der Waals surface area contributed by atoms with Crippen molar-refractivity contribution in [2.24, 2.45) is 11.7 Å². The lowest BCUT2D eigenvalue weighted by atomic mass is 9.81. The van der Waals surface area contributed by atoms with Crippen molar-refractivity contribution in [3.8, 4) is 0 Å². The molecule has 0 radical (unpaired) electrons. The Morgan fingerprint density at radius 1 is 0.917 bits per heavy atom. The van der Waals surface area contributed by atoms with Gasteiger partial charge >= 0.3 is 0 Å². The maximum atomic E-state index is 6.22. The van der Waals surface area contributed by atoms with E-state index in [2.05, 4.69) is 72.5 Å².